The summed E-state index contributed by atoms with van der Waals surface area (Å²) in [6, 6.07) is 22.2. The van der Waals surface area contributed by atoms with Gasteiger partial charge in [0.05, 0.1) is 11.1 Å². The van der Waals surface area contributed by atoms with Crippen molar-refractivity contribution in [1.29, 1.82) is 0 Å². The van der Waals surface area contributed by atoms with Gasteiger partial charge in [-0.15, -0.1) is 0 Å². The van der Waals surface area contributed by atoms with Gasteiger partial charge in [0.15, 0.2) is 13.2 Å². The SMILES string of the molecule is O=C(COC(=O)c1ccc(Oc2ccc(C(=O)OCC(=O)Nc3ccc(F)cc3)cc2)cc1)Nc1ccc(F)cc1. The molecule has 0 radical (unpaired) electrons. The van der Waals surface area contributed by atoms with Crippen LogP contribution < -0.4 is 15.4 Å². The third-order valence-electron chi connectivity index (χ3n) is 5.34. The zero-order valence-corrected chi connectivity index (χ0v) is 21.3. The summed E-state index contributed by atoms with van der Waals surface area (Å²) in [5, 5.41) is 4.97. The molecule has 0 aliphatic heterocycles. The predicted molar refractivity (Wildman–Crippen MR) is 144 cm³/mol. The largest absolute Gasteiger partial charge is 0.457 e. The summed E-state index contributed by atoms with van der Waals surface area (Å²) < 4.78 is 41.6. The van der Waals surface area contributed by atoms with Crippen LogP contribution in [0.25, 0.3) is 0 Å². The van der Waals surface area contributed by atoms with E-state index in [1.54, 1.807) is 0 Å². The Balaban J connectivity index is 1.21. The van der Waals surface area contributed by atoms with E-state index in [2.05, 4.69) is 10.6 Å². The second kappa shape index (κ2) is 13.5. The lowest BCUT2D eigenvalue weighted by Crippen LogP contribution is -2.20. The minimum absolute atomic E-state index is 0.188. The first-order valence-electron chi connectivity index (χ1n) is 12.1. The van der Waals surface area contributed by atoms with Crippen molar-refractivity contribution in [3.8, 4) is 11.5 Å². The Hall–Kier alpha value is -5.58. The van der Waals surface area contributed by atoms with E-state index >= 15 is 0 Å². The van der Waals surface area contributed by atoms with Crippen LogP contribution in [0.15, 0.2) is 97.1 Å². The molecule has 0 unspecified atom stereocenters. The highest BCUT2D eigenvalue weighted by molar-refractivity contribution is 5.96. The van der Waals surface area contributed by atoms with Crippen molar-refractivity contribution in [2.24, 2.45) is 0 Å². The van der Waals surface area contributed by atoms with Gasteiger partial charge in [0.1, 0.15) is 23.1 Å². The van der Waals surface area contributed by atoms with Gasteiger partial charge in [0.25, 0.3) is 11.8 Å². The van der Waals surface area contributed by atoms with Gasteiger partial charge in [-0.05, 0) is 97.1 Å². The molecule has 0 aromatic heterocycles. The molecule has 41 heavy (non-hydrogen) atoms. The summed E-state index contributed by atoms with van der Waals surface area (Å²) in [5.41, 5.74) is 1.11. The number of amides is 2. The fraction of sp³-hybridized carbons (Fsp3) is 0.0667. The number of rotatable bonds is 10. The molecule has 0 atom stereocenters. The summed E-state index contributed by atoms with van der Waals surface area (Å²) in [5.74, 6) is -2.70. The number of hydrogen-bond acceptors (Lipinski definition) is 7. The van der Waals surface area contributed by atoms with Gasteiger partial charge in [-0.2, -0.15) is 0 Å². The van der Waals surface area contributed by atoms with Gasteiger partial charge >= 0.3 is 11.9 Å². The molecule has 4 aromatic carbocycles. The van der Waals surface area contributed by atoms with Crippen LogP contribution in [0.5, 0.6) is 11.5 Å². The number of nitrogens with one attached hydrogen (secondary N) is 2. The Morgan fingerprint density at radius 1 is 0.512 bits per heavy atom. The highest BCUT2D eigenvalue weighted by Crippen LogP contribution is 2.23. The van der Waals surface area contributed by atoms with Crippen molar-refractivity contribution in [2.75, 3.05) is 23.8 Å². The van der Waals surface area contributed by atoms with E-state index in [-0.39, 0.29) is 11.1 Å². The normalized spacial score (nSPS) is 10.3. The molecule has 11 heteroatoms. The molecule has 4 rings (SSSR count). The van der Waals surface area contributed by atoms with Crippen molar-refractivity contribution in [3.63, 3.8) is 0 Å². The molecule has 0 heterocycles. The second-order valence-electron chi connectivity index (χ2n) is 8.41. The number of carbonyl (C=O) groups is 4. The monoisotopic (exact) mass is 560 g/mol. The topological polar surface area (TPSA) is 120 Å². The summed E-state index contributed by atoms with van der Waals surface area (Å²) in [4.78, 5) is 48.4. The van der Waals surface area contributed by atoms with Crippen molar-refractivity contribution >= 4 is 35.1 Å². The van der Waals surface area contributed by atoms with Gasteiger partial charge in [-0.3, -0.25) is 9.59 Å². The van der Waals surface area contributed by atoms with E-state index in [4.69, 9.17) is 14.2 Å². The molecule has 0 spiro atoms. The smallest absolute Gasteiger partial charge is 0.338 e. The van der Waals surface area contributed by atoms with Gasteiger partial charge in [0, 0.05) is 11.4 Å². The summed E-state index contributed by atoms with van der Waals surface area (Å²) in [6.07, 6.45) is 0. The zero-order valence-electron chi connectivity index (χ0n) is 21.3. The van der Waals surface area contributed by atoms with Crippen LogP contribution >= 0.6 is 0 Å². The molecule has 0 saturated carbocycles. The molecule has 0 saturated heterocycles. The molecule has 0 fully saturated rings. The number of anilines is 2. The number of halogens is 2. The molecule has 0 bridgehead atoms. The summed E-state index contributed by atoms with van der Waals surface area (Å²) >= 11 is 0. The lowest BCUT2D eigenvalue weighted by molar-refractivity contribution is -0.119. The summed E-state index contributed by atoms with van der Waals surface area (Å²) in [7, 11) is 0. The summed E-state index contributed by atoms with van der Waals surface area (Å²) in [6.45, 7) is -1.05. The molecule has 2 N–H and O–H groups in total. The van der Waals surface area contributed by atoms with E-state index in [1.165, 1.54) is 97.1 Å². The van der Waals surface area contributed by atoms with Crippen LogP contribution in [-0.2, 0) is 19.1 Å². The molecule has 9 nitrogen and oxygen atoms in total. The fourth-order valence-corrected chi connectivity index (χ4v) is 3.34. The maximum atomic E-state index is 12.9. The van der Waals surface area contributed by atoms with E-state index in [0.717, 1.165) is 0 Å². The molecule has 4 aromatic rings. The Labute approximate surface area is 232 Å². The zero-order chi connectivity index (χ0) is 29.2. The molecule has 208 valence electrons. The number of benzene rings is 4. The maximum absolute atomic E-state index is 12.9. The minimum atomic E-state index is -0.722. The van der Waals surface area contributed by atoms with Gasteiger partial charge in [0.2, 0.25) is 0 Å². The Kier molecular flexibility index (Phi) is 9.34. The lowest BCUT2D eigenvalue weighted by atomic mass is 10.2. The van der Waals surface area contributed by atoms with Crippen LogP contribution in [0.1, 0.15) is 20.7 Å². The fourth-order valence-electron chi connectivity index (χ4n) is 3.34. The first kappa shape index (κ1) is 28.4. The molecule has 2 amide bonds. The van der Waals surface area contributed by atoms with Gasteiger partial charge < -0.3 is 24.8 Å². The second-order valence-corrected chi connectivity index (χ2v) is 8.41. The Morgan fingerprint density at radius 3 is 1.20 bits per heavy atom. The van der Waals surface area contributed by atoms with E-state index in [1.807, 2.05) is 0 Å². The number of carbonyl (C=O) groups excluding carboxylic acids is 4. The first-order valence-corrected chi connectivity index (χ1v) is 12.1. The lowest BCUT2D eigenvalue weighted by Gasteiger charge is -2.09. The van der Waals surface area contributed by atoms with Crippen LogP contribution in [-0.4, -0.2) is 37.0 Å². The third-order valence-corrected chi connectivity index (χ3v) is 5.34. The highest BCUT2D eigenvalue weighted by atomic mass is 19.1. The van der Waals surface area contributed by atoms with E-state index < -0.39 is 48.6 Å². The molecular formula is C30H22F2N2O7. The van der Waals surface area contributed by atoms with Crippen molar-refractivity contribution in [1.82, 2.24) is 0 Å². The Morgan fingerprint density at radius 2 is 0.854 bits per heavy atom. The molecule has 0 aliphatic carbocycles. The minimum Gasteiger partial charge on any atom is -0.457 e. The van der Waals surface area contributed by atoms with E-state index in [9.17, 15) is 28.0 Å². The number of ether oxygens (including phenoxy) is 3. The van der Waals surface area contributed by atoms with Crippen molar-refractivity contribution < 1.29 is 42.2 Å². The average Bonchev–Trinajstić information content (AvgIpc) is 2.98. The Bertz CT molecular complexity index is 1410. The van der Waals surface area contributed by atoms with Gasteiger partial charge in [-0.1, -0.05) is 0 Å². The van der Waals surface area contributed by atoms with Crippen LogP contribution in [0.2, 0.25) is 0 Å². The van der Waals surface area contributed by atoms with Crippen LogP contribution in [0, 0.1) is 11.6 Å². The molecule has 0 aliphatic rings. The third kappa shape index (κ3) is 8.72. The number of hydrogen-bond donors (Lipinski definition) is 2. The van der Waals surface area contributed by atoms with Gasteiger partial charge in [-0.25, -0.2) is 18.4 Å². The quantitative estimate of drug-likeness (QED) is 0.251. The first-order chi connectivity index (χ1) is 19.7. The van der Waals surface area contributed by atoms with Crippen molar-refractivity contribution in [2.45, 2.75) is 0 Å². The standard InChI is InChI=1S/C30H22F2N2O7/c31-21-5-9-23(10-6-21)33-27(35)17-39-29(37)19-1-13-25(14-2-19)41-26-15-3-20(4-16-26)30(38)40-18-28(36)34-24-11-7-22(32)8-12-24/h1-16H,17-18H2,(H,33,35)(H,34,36). The van der Waals surface area contributed by atoms with Crippen molar-refractivity contribution in [3.05, 3.63) is 120 Å². The van der Waals surface area contributed by atoms with Crippen LogP contribution in [0.3, 0.4) is 0 Å². The predicted octanol–water partition coefficient (Wildman–Crippen LogP) is 5.35. The molecular weight excluding hydrogens is 538 g/mol. The maximum Gasteiger partial charge on any atom is 0.338 e. The highest BCUT2D eigenvalue weighted by Gasteiger charge is 2.13. The van der Waals surface area contributed by atoms with Crippen LogP contribution in [0.4, 0.5) is 20.2 Å². The average molecular weight is 561 g/mol. The number of esters is 2. The van der Waals surface area contributed by atoms with E-state index in [0.29, 0.717) is 22.9 Å².